The lowest BCUT2D eigenvalue weighted by molar-refractivity contribution is 0.215. The van der Waals surface area contributed by atoms with Crippen molar-refractivity contribution in [3.05, 3.63) is 29.3 Å². The summed E-state index contributed by atoms with van der Waals surface area (Å²) in [6.45, 7) is 6.78. The second-order valence-corrected chi connectivity index (χ2v) is 3.65. The molecular formula is C12H19NO. The molecule has 0 aliphatic heterocycles. The van der Waals surface area contributed by atoms with Crippen LogP contribution in [0.5, 0.6) is 5.75 Å². The average molecular weight is 193 g/mol. The Balaban J connectivity index is 2.87. The molecular weight excluding hydrogens is 174 g/mol. The van der Waals surface area contributed by atoms with Gasteiger partial charge in [0.15, 0.2) is 0 Å². The predicted molar refractivity (Wildman–Crippen MR) is 59.5 cm³/mol. The Labute approximate surface area is 86.1 Å². The Hall–Kier alpha value is -1.02. The first kappa shape index (κ1) is 11.1. The summed E-state index contributed by atoms with van der Waals surface area (Å²) in [5.41, 5.74) is 7.93. The van der Waals surface area contributed by atoms with Crippen molar-refractivity contribution in [2.45, 2.75) is 39.8 Å². The second kappa shape index (κ2) is 5.01. The number of hydrogen-bond donors (Lipinski definition) is 1. The van der Waals surface area contributed by atoms with Crippen LogP contribution < -0.4 is 10.5 Å². The minimum Gasteiger partial charge on any atom is -0.490 e. The van der Waals surface area contributed by atoms with E-state index in [-0.39, 0.29) is 6.10 Å². The first-order chi connectivity index (χ1) is 6.67. The quantitative estimate of drug-likeness (QED) is 0.797. The molecule has 0 saturated carbocycles. The van der Waals surface area contributed by atoms with Crippen molar-refractivity contribution in [2.24, 2.45) is 5.73 Å². The molecule has 0 fully saturated rings. The van der Waals surface area contributed by atoms with Crippen molar-refractivity contribution in [1.29, 1.82) is 0 Å². The van der Waals surface area contributed by atoms with Crippen molar-refractivity contribution >= 4 is 0 Å². The molecule has 14 heavy (non-hydrogen) atoms. The van der Waals surface area contributed by atoms with Crippen molar-refractivity contribution in [3.63, 3.8) is 0 Å². The van der Waals surface area contributed by atoms with Crippen LogP contribution in [0.25, 0.3) is 0 Å². The molecule has 2 N–H and O–H groups in total. The fourth-order valence-corrected chi connectivity index (χ4v) is 1.24. The Morgan fingerprint density at radius 3 is 2.71 bits per heavy atom. The third kappa shape index (κ3) is 2.74. The Morgan fingerprint density at radius 1 is 1.43 bits per heavy atom. The summed E-state index contributed by atoms with van der Waals surface area (Å²) in [4.78, 5) is 0. The maximum Gasteiger partial charge on any atom is 0.124 e. The van der Waals surface area contributed by atoms with Crippen LogP contribution in [0.15, 0.2) is 18.2 Å². The molecule has 78 valence electrons. The molecule has 0 aliphatic carbocycles. The molecule has 0 amide bonds. The van der Waals surface area contributed by atoms with Crippen molar-refractivity contribution in [3.8, 4) is 5.75 Å². The van der Waals surface area contributed by atoms with E-state index >= 15 is 0 Å². The van der Waals surface area contributed by atoms with Crippen LogP contribution in [0.4, 0.5) is 0 Å². The van der Waals surface area contributed by atoms with Crippen LogP contribution in [0.1, 0.15) is 31.4 Å². The summed E-state index contributed by atoms with van der Waals surface area (Å²) in [7, 11) is 0. The van der Waals surface area contributed by atoms with E-state index in [2.05, 4.69) is 26.8 Å². The molecule has 0 unspecified atom stereocenters. The van der Waals surface area contributed by atoms with Crippen LogP contribution >= 0.6 is 0 Å². The van der Waals surface area contributed by atoms with Crippen molar-refractivity contribution in [2.75, 3.05) is 0 Å². The molecule has 0 radical (unpaired) electrons. The molecule has 1 aromatic carbocycles. The molecule has 0 aliphatic rings. The monoisotopic (exact) mass is 193 g/mol. The lowest BCUT2D eigenvalue weighted by atomic mass is 10.1. The fraction of sp³-hybridized carbons (Fsp3) is 0.500. The maximum absolute atomic E-state index is 5.79. The number of hydrogen-bond acceptors (Lipinski definition) is 2. The lowest BCUT2D eigenvalue weighted by Crippen LogP contribution is -2.12. The Bertz CT molecular complexity index is 296. The minimum absolute atomic E-state index is 0.252. The van der Waals surface area contributed by atoms with Crippen LogP contribution in [0.2, 0.25) is 0 Å². The highest BCUT2D eigenvalue weighted by molar-refractivity contribution is 5.37. The van der Waals surface area contributed by atoms with Gasteiger partial charge in [0.2, 0.25) is 0 Å². The smallest absolute Gasteiger partial charge is 0.124 e. The van der Waals surface area contributed by atoms with E-state index in [4.69, 9.17) is 10.5 Å². The van der Waals surface area contributed by atoms with Crippen molar-refractivity contribution < 1.29 is 4.74 Å². The van der Waals surface area contributed by atoms with Gasteiger partial charge in [0, 0.05) is 12.1 Å². The van der Waals surface area contributed by atoms with E-state index in [1.165, 1.54) is 5.56 Å². The zero-order valence-corrected chi connectivity index (χ0v) is 9.21. The van der Waals surface area contributed by atoms with Gasteiger partial charge in [0.05, 0.1) is 6.10 Å². The van der Waals surface area contributed by atoms with E-state index in [0.717, 1.165) is 17.7 Å². The van der Waals surface area contributed by atoms with Gasteiger partial charge in [-0.25, -0.2) is 0 Å². The van der Waals surface area contributed by atoms with E-state index in [1.54, 1.807) is 0 Å². The summed E-state index contributed by atoms with van der Waals surface area (Å²) >= 11 is 0. The second-order valence-electron chi connectivity index (χ2n) is 3.65. The third-order valence-electron chi connectivity index (χ3n) is 2.35. The SMILES string of the molecule is CC[C@H](C)Oc1cc(C)ccc1CN. The van der Waals surface area contributed by atoms with Crippen molar-refractivity contribution in [1.82, 2.24) is 0 Å². The highest BCUT2D eigenvalue weighted by Crippen LogP contribution is 2.21. The van der Waals surface area contributed by atoms with Gasteiger partial charge in [0.1, 0.15) is 5.75 Å². The van der Waals surface area contributed by atoms with Gasteiger partial charge in [-0.2, -0.15) is 0 Å². The van der Waals surface area contributed by atoms with Gasteiger partial charge in [-0.05, 0) is 31.9 Å². The molecule has 2 nitrogen and oxygen atoms in total. The van der Waals surface area contributed by atoms with Gasteiger partial charge >= 0.3 is 0 Å². The first-order valence-corrected chi connectivity index (χ1v) is 5.13. The largest absolute Gasteiger partial charge is 0.490 e. The average Bonchev–Trinajstić information content (AvgIpc) is 2.18. The summed E-state index contributed by atoms with van der Waals surface area (Å²) in [6.07, 6.45) is 1.26. The molecule has 1 rings (SSSR count). The molecule has 1 aromatic rings. The van der Waals surface area contributed by atoms with Gasteiger partial charge in [-0.15, -0.1) is 0 Å². The number of ether oxygens (including phenoxy) is 1. The highest BCUT2D eigenvalue weighted by Gasteiger charge is 2.05. The first-order valence-electron chi connectivity index (χ1n) is 5.13. The molecule has 0 spiro atoms. The fourth-order valence-electron chi connectivity index (χ4n) is 1.24. The minimum atomic E-state index is 0.252. The van der Waals surface area contributed by atoms with E-state index in [0.29, 0.717) is 6.54 Å². The Kier molecular flexibility index (Phi) is 3.96. The Morgan fingerprint density at radius 2 is 2.14 bits per heavy atom. The van der Waals surface area contributed by atoms with Gasteiger partial charge in [0.25, 0.3) is 0 Å². The summed E-state index contributed by atoms with van der Waals surface area (Å²) in [5, 5.41) is 0. The zero-order valence-electron chi connectivity index (χ0n) is 9.21. The number of rotatable bonds is 4. The topological polar surface area (TPSA) is 35.2 Å². The van der Waals surface area contributed by atoms with Gasteiger partial charge in [-0.1, -0.05) is 19.1 Å². The van der Waals surface area contributed by atoms with Gasteiger partial charge in [-0.3, -0.25) is 0 Å². The molecule has 0 heterocycles. The number of benzene rings is 1. The van der Waals surface area contributed by atoms with E-state index < -0.39 is 0 Å². The lowest BCUT2D eigenvalue weighted by Gasteiger charge is -2.16. The molecule has 0 saturated heterocycles. The summed E-state index contributed by atoms with van der Waals surface area (Å²) < 4.78 is 5.79. The molecule has 0 aromatic heterocycles. The molecule has 2 heteroatoms. The maximum atomic E-state index is 5.79. The summed E-state index contributed by atoms with van der Waals surface area (Å²) in [6, 6.07) is 6.15. The van der Waals surface area contributed by atoms with Crippen LogP contribution in [0.3, 0.4) is 0 Å². The van der Waals surface area contributed by atoms with Crippen LogP contribution in [-0.2, 0) is 6.54 Å². The van der Waals surface area contributed by atoms with E-state index in [9.17, 15) is 0 Å². The van der Waals surface area contributed by atoms with Crippen LogP contribution in [0, 0.1) is 6.92 Å². The molecule has 1 atom stereocenters. The normalized spacial score (nSPS) is 12.6. The highest BCUT2D eigenvalue weighted by atomic mass is 16.5. The number of aryl methyl sites for hydroxylation is 1. The van der Waals surface area contributed by atoms with Gasteiger partial charge < -0.3 is 10.5 Å². The van der Waals surface area contributed by atoms with Crippen LogP contribution in [-0.4, -0.2) is 6.10 Å². The zero-order chi connectivity index (χ0) is 10.6. The standard InChI is InChI=1S/C12H19NO/c1-4-10(3)14-12-7-9(2)5-6-11(12)8-13/h5-7,10H,4,8,13H2,1-3H3/t10-/m0/s1. The number of nitrogens with two attached hydrogens (primary N) is 1. The predicted octanol–water partition coefficient (Wildman–Crippen LogP) is 2.63. The third-order valence-corrected chi connectivity index (χ3v) is 2.35. The van der Waals surface area contributed by atoms with E-state index in [1.807, 2.05) is 12.1 Å². The molecule has 0 bridgehead atoms. The summed E-state index contributed by atoms with van der Waals surface area (Å²) in [5.74, 6) is 0.932.